The van der Waals surface area contributed by atoms with E-state index in [1.165, 1.54) is 7.11 Å². The lowest BCUT2D eigenvalue weighted by Gasteiger charge is -2.05. The smallest absolute Gasteiger partial charge is 0.343 e. The van der Waals surface area contributed by atoms with Crippen molar-refractivity contribution in [3.63, 3.8) is 0 Å². The highest BCUT2D eigenvalue weighted by molar-refractivity contribution is 5.87. The first kappa shape index (κ1) is 10.5. The second-order valence-corrected chi connectivity index (χ2v) is 3.53. The number of ether oxygens (including phenoxy) is 2. The number of methoxy groups -OCH3 is 1. The van der Waals surface area contributed by atoms with Gasteiger partial charge in [-0.1, -0.05) is 6.07 Å². The minimum atomic E-state index is -0.385. The summed E-state index contributed by atoms with van der Waals surface area (Å²) >= 11 is 0. The Kier molecular flexibility index (Phi) is 2.81. The van der Waals surface area contributed by atoms with Crippen molar-refractivity contribution in [1.29, 1.82) is 0 Å². The molecule has 0 unspecified atom stereocenters. The first-order valence-electron chi connectivity index (χ1n) is 4.98. The molecule has 1 N–H and O–H groups in total. The normalized spacial score (nSPS) is 10.4. The number of carbonyl (C=O) groups excluding carboxylic acids is 1. The van der Waals surface area contributed by atoms with Crippen molar-refractivity contribution in [2.75, 3.05) is 13.7 Å². The summed E-state index contributed by atoms with van der Waals surface area (Å²) in [7, 11) is 1.34. The van der Waals surface area contributed by atoms with E-state index in [0.29, 0.717) is 5.75 Å². The van der Waals surface area contributed by atoms with Gasteiger partial charge in [0.05, 0.1) is 7.11 Å². The molecule has 1 heterocycles. The van der Waals surface area contributed by atoms with E-state index in [4.69, 9.17) is 4.74 Å². The average molecular weight is 219 g/mol. The highest BCUT2D eigenvalue weighted by atomic mass is 16.6. The van der Waals surface area contributed by atoms with Crippen LogP contribution in [0.15, 0.2) is 24.3 Å². The fourth-order valence-corrected chi connectivity index (χ4v) is 1.59. The van der Waals surface area contributed by atoms with Gasteiger partial charge in [-0.25, -0.2) is 4.79 Å². The Morgan fingerprint density at radius 1 is 1.44 bits per heavy atom. The molecule has 0 bridgehead atoms. The lowest BCUT2D eigenvalue weighted by Crippen LogP contribution is -2.12. The summed E-state index contributed by atoms with van der Waals surface area (Å²) < 4.78 is 9.91. The van der Waals surface area contributed by atoms with Gasteiger partial charge in [-0.2, -0.15) is 0 Å². The molecule has 2 aromatic rings. The second-order valence-electron chi connectivity index (χ2n) is 3.53. The number of benzene rings is 1. The number of fused-ring (bicyclic) bond motifs is 1. The van der Waals surface area contributed by atoms with E-state index in [-0.39, 0.29) is 12.6 Å². The molecule has 0 amide bonds. The molecule has 0 aliphatic rings. The monoisotopic (exact) mass is 219 g/mol. The van der Waals surface area contributed by atoms with Gasteiger partial charge in [0, 0.05) is 16.6 Å². The number of H-pyrrole nitrogens is 1. The molecule has 1 aromatic carbocycles. The number of aryl methyl sites for hydroxylation is 1. The lowest BCUT2D eigenvalue weighted by atomic mass is 10.2. The van der Waals surface area contributed by atoms with Crippen LogP contribution in [0, 0.1) is 6.92 Å². The average Bonchev–Trinajstić information content (AvgIpc) is 2.66. The Balaban J connectivity index is 2.26. The van der Waals surface area contributed by atoms with Crippen LogP contribution in [0.2, 0.25) is 0 Å². The summed E-state index contributed by atoms with van der Waals surface area (Å²) in [5.74, 6) is 0.302. The van der Waals surface area contributed by atoms with E-state index < -0.39 is 0 Å². The highest BCUT2D eigenvalue weighted by Gasteiger charge is 2.06. The predicted octanol–water partition coefficient (Wildman–Crippen LogP) is 2.03. The second kappa shape index (κ2) is 4.26. The molecule has 4 nitrogen and oxygen atoms in total. The maximum atomic E-state index is 11.0. The highest BCUT2D eigenvalue weighted by Crippen LogP contribution is 2.25. The SMILES string of the molecule is COC(=O)COc1cccc2[nH]c(C)cc12. The first-order chi connectivity index (χ1) is 7.70. The van der Waals surface area contributed by atoms with Crippen molar-refractivity contribution < 1.29 is 14.3 Å². The molecule has 0 fully saturated rings. The van der Waals surface area contributed by atoms with Crippen LogP contribution in [-0.4, -0.2) is 24.7 Å². The molecule has 0 saturated carbocycles. The molecule has 0 aliphatic carbocycles. The number of carbonyl (C=O) groups is 1. The fraction of sp³-hybridized carbons (Fsp3) is 0.250. The number of hydrogen-bond acceptors (Lipinski definition) is 3. The van der Waals surface area contributed by atoms with Crippen LogP contribution in [0.1, 0.15) is 5.69 Å². The Morgan fingerprint density at radius 2 is 2.25 bits per heavy atom. The predicted molar refractivity (Wildman–Crippen MR) is 60.5 cm³/mol. The zero-order valence-electron chi connectivity index (χ0n) is 9.24. The van der Waals surface area contributed by atoms with Crippen molar-refractivity contribution in [1.82, 2.24) is 4.98 Å². The topological polar surface area (TPSA) is 51.3 Å². The maximum Gasteiger partial charge on any atom is 0.343 e. The Labute approximate surface area is 93.2 Å². The first-order valence-corrected chi connectivity index (χ1v) is 4.98. The molecular weight excluding hydrogens is 206 g/mol. The van der Waals surface area contributed by atoms with Crippen LogP contribution < -0.4 is 4.74 Å². The Hall–Kier alpha value is -1.97. The quantitative estimate of drug-likeness (QED) is 0.803. The summed E-state index contributed by atoms with van der Waals surface area (Å²) in [6.07, 6.45) is 0. The van der Waals surface area contributed by atoms with Crippen molar-refractivity contribution in [2.45, 2.75) is 6.92 Å². The fourth-order valence-electron chi connectivity index (χ4n) is 1.59. The van der Waals surface area contributed by atoms with Gasteiger partial charge in [0.2, 0.25) is 0 Å². The van der Waals surface area contributed by atoms with E-state index >= 15 is 0 Å². The third-order valence-electron chi connectivity index (χ3n) is 2.33. The molecule has 0 aliphatic heterocycles. The van der Waals surface area contributed by atoms with Crippen LogP contribution in [0.25, 0.3) is 10.9 Å². The molecule has 84 valence electrons. The summed E-state index contributed by atoms with van der Waals surface area (Å²) in [6.45, 7) is 1.91. The molecule has 0 radical (unpaired) electrons. The summed E-state index contributed by atoms with van der Waals surface area (Å²) in [5.41, 5.74) is 2.06. The molecule has 0 saturated heterocycles. The number of hydrogen-bond donors (Lipinski definition) is 1. The van der Waals surface area contributed by atoms with Gasteiger partial charge in [0.15, 0.2) is 6.61 Å². The zero-order valence-corrected chi connectivity index (χ0v) is 9.24. The standard InChI is InChI=1S/C12H13NO3/c1-8-6-9-10(13-8)4-3-5-11(9)16-7-12(14)15-2/h3-6,13H,7H2,1-2H3. The van der Waals surface area contributed by atoms with Gasteiger partial charge in [0.25, 0.3) is 0 Å². The van der Waals surface area contributed by atoms with Crippen LogP contribution in [0.3, 0.4) is 0 Å². The summed E-state index contributed by atoms with van der Waals surface area (Å²) in [4.78, 5) is 14.2. The molecule has 0 atom stereocenters. The van der Waals surface area contributed by atoms with E-state index in [2.05, 4.69) is 9.72 Å². The molecule has 2 rings (SSSR count). The maximum absolute atomic E-state index is 11.0. The number of aromatic nitrogens is 1. The molecule has 16 heavy (non-hydrogen) atoms. The molecular formula is C12H13NO3. The minimum absolute atomic E-state index is 0.0696. The van der Waals surface area contributed by atoms with Gasteiger partial charge < -0.3 is 14.5 Å². The van der Waals surface area contributed by atoms with Gasteiger partial charge in [-0.05, 0) is 25.1 Å². The van der Waals surface area contributed by atoms with Crippen molar-refractivity contribution in [2.24, 2.45) is 0 Å². The van der Waals surface area contributed by atoms with E-state index in [1.54, 1.807) is 0 Å². The lowest BCUT2D eigenvalue weighted by molar-refractivity contribution is -0.142. The van der Waals surface area contributed by atoms with Crippen LogP contribution in [-0.2, 0) is 9.53 Å². The van der Waals surface area contributed by atoms with Crippen molar-refractivity contribution in [3.8, 4) is 5.75 Å². The van der Waals surface area contributed by atoms with Gasteiger partial charge in [-0.3, -0.25) is 0 Å². The summed E-state index contributed by atoms with van der Waals surface area (Å²) in [6, 6.07) is 7.67. The third-order valence-corrected chi connectivity index (χ3v) is 2.33. The molecule has 4 heteroatoms. The van der Waals surface area contributed by atoms with Gasteiger partial charge >= 0.3 is 5.97 Å². The molecule has 0 spiro atoms. The number of rotatable bonds is 3. The van der Waals surface area contributed by atoms with E-state index in [1.807, 2.05) is 31.2 Å². The third kappa shape index (κ3) is 2.00. The molecule has 1 aromatic heterocycles. The number of esters is 1. The van der Waals surface area contributed by atoms with E-state index in [9.17, 15) is 4.79 Å². The number of aromatic amines is 1. The summed E-state index contributed by atoms with van der Waals surface area (Å²) in [5, 5.41) is 0.976. The Morgan fingerprint density at radius 3 is 3.00 bits per heavy atom. The van der Waals surface area contributed by atoms with E-state index in [0.717, 1.165) is 16.6 Å². The largest absolute Gasteiger partial charge is 0.481 e. The Bertz CT molecular complexity index is 516. The zero-order chi connectivity index (χ0) is 11.5. The van der Waals surface area contributed by atoms with Gasteiger partial charge in [0.1, 0.15) is 5.75 Å². The van der Waals surface area contributed by atoms with Crippen molar-refractivity contribution in [3.05, 3.63) is 30.0 Å². The van der Waals surface area contributed by atoms with Crippen LogP contribution in [0.5, 0.6) is 5.75 Å². The minimum Gasteiger partial charge on any atom is -0.481 e. The van der Waals surface area contributed by atoms with Crippen LogP contribution >= 0.6 is 0 Å². The van der Waals surface area contributed by atoms with Crippen molar-refractivity contribution >= 4 is 16.9 Å². The van der Waals surface area contributed by atoms with Crippen LogP contribution in [0.4, 0.5) is 0 Å². The number of nitrogens with one attached hydrogen (secondary N) is 1. The van der Waals surface area contributed by atoms with Gasteiger partial charge in [-0.15, -0.1) is 0 Å².